The largest absolute Gasteiger partial charge is 0.375 e. The van der Waals surface area contributed by atoms with Crippen molar-refractivity contribution >= 4 is 6.03 Å². The summed E-state index contributed by atoms with van der Waals surface area (Å²) in [7, 11) is 1.93. The summed E-state index contributed by atoms with van der Waals surface area (Å²) in [5, 5.41) is 10.3. The van der Waals surface area contributed by atoms with Gasteiger partial charge in [-0.2, -0.15) is 5.10 Å². The lowest BCUT2D eigenvalue weighted by Gasteiger charge is -2.43. The fourth-order valence-electron chi connectivity index (χ4n) is 4.19. The van der Waals surface area contributed by atoms with Gasteiger partial charge in [0.15, 0.2) is 0 Å². The Morgan fingerprint density at radius 3 is 2.96 bits per heavy atom. The lowest BCUT2D eigenvalue weighted by Crippen LogP contribution is -2.51. The van der Waals surface area contributed by atoms with E-state index in [1.807, 2.05) is 24.1 Å². The van der Waals surface area contributed by atoms with Crippen LogP contribution in [0.15, 0.2) is 12.4 Å². The van der Waals surface area contributed by atoms with Crippen molar-refractivity contribution in [2.75, 3.05) is 13.2 Å². The van der Waals surface area contributed by atoms with Crippen LogP contribution in [-0.2, 0) is 18.2 Å². The minimum Gasteiger partial charge on any atom is -0.375 e. The number of carbonyl (C=O) groups is 1. The smallest absolute Gasteiger partial charge is 0.315 e. The Kier molecular flexibility index (Phi) is 6.34. The van der Waals surface area contributed by atoms with E-state index in [4.69, 9.17) is 4.74 Å². The number of aromatic nitrogens is 2. The van der Waals surface area contributed by atoms with E-state index in [0.717, 1.165) is 58.1 Å². The van der Waals surface area contributed by atoms with Gasteiger partial charge in [0.25, 0.3) is 0 Å². The van der Waals surface area contributed by atoms with E-state index < -0.39 is 0 Å². The molecule has 0 radical (unpaired) electrons. The maximum Gasteiger partial charge on any atom is 0.315 e. The number of nitrogens with zero attached hydrogens (tertiary/aromatic N) is 2. The monoisotopic (exact) mass is 348 g/mol. The van der Waals surface area contributed by atoms with Crippen LogP contribution in [0.5, 0.6) is 0 Å². The summed E-state index contributed by atoms with van der Waals surface area (Å²) in [6, 6.07) is 0.224. The van der Waals surface area contributed by atoms with Crippen LogP contribution < -0.4 is 10.6 Å². The van der Waals surface area contributed by atoms with E-state index in [2.05, 4.69) is 15.7 Å². The molecule has 0 bridgehead atoms. The van der Waals surface area contributed by atoms with E-state index in [1.165, 1.54) is 24.8 Å². The minimum absolute atomic E-state index is 0.0285. The summed E-state index contributed by atoms with van der Waals surface area (Å²) in [4.78, 5) is 12.1. The molecule has 1 atom stereocenters. The molecule has 2 fully saturated rings. The molecule has 140 valence electrons. The molecule has 1 aliphatic heterocycles. The fourth-order valence-corrected chi connectivity index (χ4v) is 4.19. The molecule has 6 heteroatoms. The van der Waals surface area contributed by atoms with Crippen LogP contribution in [0.2, 0.25) is 0 Å². The van der Waals surface area contributed by atoms with Crippen LogP contribution >= 0.6 is 0 Å². The Hall–Kier alpha value is -1.56. The number of carbonyl (C=O) groups excluding carboxylic acids is 1. The van der Waals surface area contributed by atoms with Gasteiger partial charge in [-0.05, 0) is 50.5 Å². The highest BCUT2D eigenvalue weighted by molar-refractivity contribution is 5.74. The number of amides is 2. The summed E-state index contributed by atoms with van der Waals surface area (Å²) in [5.41, 5.74) is 1.30. The van der Waals surface area contributed by atoms with Gasteiger partial charge in [0.1, 0.15) is 0 Å². The molecule has 0 aromatic carbocycles. The van der Waals surface area contributed by atoms with Gasteiger partial charge < -0.3 is 15.4 Å². The number of unbranched alkanes of at least 4 members (excludes halogenated alkanes) is 1. The zero-order valence-electron chi connectivity index (χ0n) is 15.4. The molecule has 6 nitrogen and oxygen atoms in total. The molecule has 1 aromatic rings. The SMILES string of the molecule is Cn1cc(CCCCNC(=O)NC2CCOC3(CCCCC3)C2)cn1. The van der Waals surface area contributed by atoms with Crippen molar-refractivity contribution in [3.63, 3.8) is 0 Å². The quantitative estimate of drug-likeness (QED) is 0.777. The van der Waals surface area contributed by atoms with E-state index >= 15 is 0 Å². The molecule has 2 heterocycles. The summed E-state index contributed by atoms with van der Waals surface area (Å²) >= 11 is 0. The maximum absolute atomic E-state index is 12.1. The highest BCUT2D eigenvalue weighted by Crippen LogP contribution is 2.38. The van der Waals surface area contributed by atoms with Crippen molar-refractivity contribution in [2.45, 2.75) is 75.9 Å². The number of aryl methyl sites for hydroxylation is 2. The number of hydrogen-bond donors (Lipinski definition) is 2. The zero-order valence-corrected chi connectivity index (χ0v) is 15.4. The van der Waals surface area contributed by atoms with Crippen molar-refractivity contribution in [3.8, 4) is 0 Å². The van der Waals surface area contributed by atoms with E-state index in [-0.39, 0.29) is 17.7 Å². The number of nitrogens with one attached hydrogen (secondary N) is 2. The topological polar surface area (TPSA) is 68.2 Å². The molecule has 1 aromatic heterocycles. The standard InChI is InChI=1S/C19H32N4O2/c1-23-15-16(14-21-23)7-3-6-11-20-18(24)22-17-8-12-25-19(13-17)9-4-2-5-10-19/h14-15,17H,2-13H2,1H3,(H2,20,22,24). The zero-order chi connectivity index (χ0) is 17.5. The second-order valence-electron chi connectivity index (χ2n) is 7.66. The van der Waals surface area contributed by atoms with Crippen molar-refractivity contribution in [1.82, 2.24) is 20.4 Å². The van der Waals surface area contributed by atoms with Gasteiger partial charge in [0.2, 0.25) is 0 Å². The molecule has 25 heavy (non-hydrogen) atoms. The Bertz CT molecular complexity index is 546. The molecule has 1 saturated carbocycles. The molecule has 2 aliphatic rings. The molecule has 1 unspecified atom stereocenters. The molecule has 1 spiro atoms. The normalized spacial score (nSPS) is 22.7. The third-order valence-electron chi connectivity index (χ3n) is 5.53. The van der Waals surface area contributed by atoms with Crippen LogP contribution in [0.1, 0.15) is 63.4 Å². The molecule has 1 saturated heterocycles. The lowest BCUT2D eigenvalue weighted by atomic mass is 9.78. The van der Waals surface area contributed by atoms with Crippen LogP contribution in [0, 0.1) is 0 Å². The van der Waals surface area contributed by atoms with Crippen LogP contribution in [0.3, 0.4) is 0 Å². The molecule has 1 aliphatic carbocycles. The van der Waals surface area contributed by atoms with E-state index in [1.54, 1.807) is 0 Å². The van der Waals surface area contributed by atoms with E-state index in [0.29, 0.717) is 0 Å². The first kappa shape index (κ1) is 18.2. The third kappa shape index (κ3) is 5.46. The van der Waals surface area contributed by atoms with Gasteiger partial charge in [0.05, 0.1) is 11.8 Å². The number of hydrogen-bond acceptors (Lipinski definition) is 3. The van der Waals surface area contributed by atoms with Crippen molar-refractivity contribution in [3.05, 3.63) is 18.0 Å². The second-order valence-corrected chi connectivity index (χ2v) is 7.66. The fraction of sp³-hybridized carbons (Fsp3) is 0.789. The minimum atomic E-state index is -0.0285. The summed E-state index contributed by atoms with van der Waals surface area (Å²) in [6.45, 7) is 1.50. The first-order chi connectivity index (χ1) is 12.2. The number of ether oxygens (including phenoxy) is 1. The average Bonchev–Trinajstić information content (AvgIpc) is 3.00. The van der Waals surface area contributed by atoms with Crippen LogP contribution in [0.25, 0.3) is 0 Å². The van der Waals surface area contributed by atoms with Gasteiger partial charge in [-0.3, -0.25) is 4.68 Å². The molecule has 2 amide bonds. The van der Waals surface area contributed by atoms with Gasteiger partial charge in [0, 0.05) is 32.4 Å². The Morgan fingerprint density at radius 1 is 1.36 bits per heavy atom. The summed E-state index contributed by atoms with van der Waals surface area (Å²) < 4.78 is 7.92. The van der Waals surface area contributed by atoms with Crippen LogP contribution in [0.4, 0.5) is 4.79 Å². The van der Waals surface area contributed by atoms with Crippen molar-refractivity contribution in [2.24, 2.45) is 7.05 Å². The Morgan fingerprint density at radius 2 is 2.20 bits per heavy atom. The number of urea groups is 1. The van der Waals surface area contributed by atoms with E-state index in [9.17, 15) is 4.79 Å². The van der Waals surface area contributed by atoms with Gasteiger partial charge in [-0.1, -0.05) is 19.3 Å². The highest BCUT2D eigenvalue weighted by Gasteiger charge is 2.38. The van der Waals surface area contributed by atoms with Gasteiger partial charge >= 0.3 is 6.03 Å². The van der Waals surface area contributed by atoms with Gasteiger partial charge in [-0.25, -0.2) is 4.79 Å². The lowest BCUT2D eigenvalue weighted by molar-refractivity contribution is -0.107. The average molecular weight is 348 g/mol. The third-order valence-corrected chi connectivity index (χ3v) is 5.53. The summed E-state index contributed by atoms with van der Waals surface area (Å²) in [6.07, 6.45) is 15.1. The van der Waals surface area contributed by atoms with Gasteiger partial charge in [-0.15, -0.1) is 0 Å². The molecule has 2 N–H and O–H groups in total. The predicted molar refractivity (Wildman–Crippen MR) is 97.5 cm³/mol. The molecule has 3 rings (SSSR count). The first-order valence-corrected chi connectivity index (χ1v) is 9.81. The summed E-state index contributed by atoms with van der Waals surface area (Å²) in [5.74, 6) is 0. The molecular formula is C19H32N4O2. The first-order valence-electron chi connectivity index (χ1n) is 9.81. The maximum atomic E-state index is 12.1. The molecular weight excluding hydrogens is 316 g/mol. The Balaban J connectivity index is 1.30. The van der Waals surface area contributed by atoms with Crippen molar-refractivity contribution < 1.29 is 9.53 Å². The predicted octanol–water partition coefficient (Wildman–Crippen LogP) is 2.92. The van der Waals surface area contributed by atoms with Crippen LogP contribution in [-0.4, -0.2) is 40.6 Å². The highest BCUT2D eigenvalue weighted by atomic mass is 16.5. The number of rotatable bonds is 6. The van der Waals surface area contributed by atoms with Crippen molar-refractivity contribution in [1.29, 1.82) is 0 Å². The Labute approximate surface area is 150 Å². The second kappa shape index (κ2) is 8.70.